The van der Waals surface area contributed by atoms with E-state index in [0.29, 0.717) is 0 Å². The molecule has 2 fully saturated rings. The van der Waals surface area contributed by atoms with E-state index in [9.17, 15) is 4.79 Å². The van der Waals surface area contributed by atoms with Gasteiger partial charge < -0.3 is 14.2 Å². The first kappa shape index (κ1) is 14.5. The maximum Gasteiger partial charge on any atom is 0.338 e. The highest BCUT2D eigenvalue weighted by Crippen LogP contribution is 2.46. The lowest BCUT2D eigenvalue weighted by molar-refractivity contribution is -0.199. The smallest absolute Gasteiger partial charge is 0.338 e. The van der Waals surface area contributed by atoms with Gasteiger partial charge in [-0.2, -0.15) is 0 Å². The number of methoxy groups -OCH3 is 1. The van der Waals surface area contributed by atoms with Crippen molar-refractivity contribution >= 4 is 5.97 Å². The van der Waals surface area contributed by atoms with Crippen LogP contribution in [0.3, 0.4) is 0 Å². The zero-order valence-electron chi connectivity index (χ0n) is 12.6. The molecule has 114 valence electrons. The predicted octanol–water partition coefficient (Wildman–Crippen LogP) is 3.28. The predicted molar refractivity (Wildman–Crippen MR) is 77.7 cm³/mol. The van der Waals surface area contributed by atoms with Gasteiger partial charge in [-0.15, -0.1) is 0 Å². The summed E-state index contributed by atoms with van der Waals surface area (Å²) in [5.74, 6) is -0.963. The van der Waals surface area contributed by atoms with Crippen molar-refractivity contribution in [2.45, 2.75) is 57.0 Å². The zero-order chi connectivity index (χ0) is 14.9. The van der Waals surface area contributed by atoms with Crippen LogP contribution in [0.4, 0.5) is 0 Å². The summed E-state index contributed by atoms with van der Waals surface area (Å²) in [6.07, 6.45) is 4.01. The monoisotopic (exact) mass is 290 g/mol. The third kappa shape index (κ3) is 2.70. The Morgan fingerprint density at radius 1 is 1.19 bits per heavy atom. The second kappa shape index (κ2) is 5.78. The lowest BCUT2D eigenvalue weighted by Gasteiger charge is -2.31. The van der Waals surface area contributed by atoms with Gasteiger partial charge in [-0.1, -0.05) is 30.7 Å². The molecule has 1 heterocycles. The molecule has 0 aromatic heterocycles. The van der Waals surface area contributed by atoms with Gasteiger partial charge >= 0.3 is 5.97 Å². The number of ether oxygens (including phenoxy) is 3. The Kier molecular flexibility index (Phi) is 4.00. The number of rotatable bonds is 2. The number of carbonyl (C=O) groups excluding carboxylic acids is 1. The number of aryl methyl sites for hydroxylation is 1. The summed E-state index contributed by atoms with van der Waals surface area (Å²) >= 11 is 0. The van der Waals surface area contributed by atoms with Crippen LogP contribution in [-0.2, 0) is 19.0 Å². The minimum Gasteiger partial charge on any atom is -0.467 e. The quantitative estimate of drug-likeness (QED) is 0.784. The highest BCUT2D eigenvalue weighted by atomic mass is 16.8. The third-order valence-electron chi connectivity index (χ3n) is 4.50. The lowest BCUT2D eigenvalue weighted by Crippen LogP contribution is -2.35. The number of hydrogen-bond acceptors (Lipinski definition) is 4. The van der Waals surface area contributed by atoms with Gasteiger partial charge in [0.25, 0.3) is 0 Å². The Hall–Kier alpha value is -1.39. The normalized spacial score (nSPS) is 27.7. The molecule has 1 saturated heterocycles. The number of hydrogen-bond donors (Lipinski definition) is 0. The molecule has 3 rings (SSSR count). The first-order valence-electron chi connectivity index (χ1n) is 7.64. The average molecular weight is 290 g/mol. The fourth-order valence-corrected chi connectivity index (χ4v) is 3.36. The third-order valence-corrected chi connectivity index (χ3v) is 4.50. The Morgan fingerprint density at radius 3 is 2.57 bits per heavy atom. The summed E-state index contributed by atoms with van der Waals surface area (Å²) < 4.78 is 17.3. The fraction of sp³-hybridized carbons (Fsp3) is 0.588. The summed E-state index contributed by atoms with van der Waals surface area (Å²) in [6.45, 7) is 2.03. The Bertz CT molecular complexity index is 519. The summed E-state index contributed by atoms with van der Waals surface area (Å²) in [7, 11) is 1.40. The van der Waals surface area contributed by atoms with Crippen LogP contribution in [-0.4, -0.2) is 25.0 Å². The van der Waals surface area contributed by atoms with E-state index in [-0.39, 0.29) is 12.1 Å². The molecule has 4 nitrogen and oxygen atoms in total. The van der Waals surface area contributed by atoms with E-state index in [1.807, 2.05) is 31.2 Å². The molecule has 21 heavy (non-hydrogen) atoms. The van der Waals surface area contributed by atoms with Crippen molar-refractivity contribution in [1.29, 1.82) is 0 Å². The van der Waals surface area contributed by atoms with E-state index in [0.717, 1.165) is 36.8 Å². The molecule has 0 unspecified atom stereocenters. The van der Waals surface area contributed by atoms with Crippen LogP contribution in [0.15, 0.2) is 24.3 Å². The molecule has 1 aliphatic carbocycles. The molecule has 1 aromatic rings. The average Bonchev–Trinajstić information content (AvgIpc) is 2.86. The topological polar surface area (TPSA) is 44.8 Å². The standard InChI is InChI=1S/C17H22O4/c1-12-8-4-5-9-13(12)14-15(16(18)19-2)21-17(20-14)10-6-3-7-11-17/h4-5,8-9,14-15H,3,6-7,10-11H2,1-2H3/t14-,15+/m0/s1. The lowest BCUT2D eigenvalue weighted by atomic mass is 9.94. The van der Waals surface area contributed by atoms with Gasteiger partial charge in [0.1, 0.15) is 6.10 Å². The summed E-state index contributed by atoms with van der Waals surface area (Å²) in [4.78, 5) is 12.1. The molecule has 0 amide bonds. The van der Waals surface area contributed by atoms with Crippen LogP contribution in [0, 0.1) is 6.92 Å². The second-order valence-electron chi connectivity index (χ2n) is 5.93. The van der Waals surface area contributed by atoms with Gasteiger partial charge in [0.2, 0.25) is 0 Å². The highest BCUT2D eigenvalue weighted by molar-refractivity contribution is 5.76. The molecule has 2 aliphatic rings. The zero-order valence-corrected chi connectivity index (χ0v) is 12.6. The molecule has 0 bridgehead atoms. The maximum atomic E-state index is 12.1. The SMILES string of the molecule is COC(=O)[C@@H]1OC2(CCCCC2)O[C@H]1c1ccccc1C. The summed E-state index contributed by atoms with van der Waals surface area (Å²) in [5, 5.41) is 0. The van der Waals surface area contributed by atoms with E-state index >= 15 is 0 Å². The van der Waals surface area contributed by atoms with Crippen molar-refractivity contribution in [3.63, 3.8) is 0 Å². The Labute approximate surface area is 125 Å². The van der Waals surface area contributed by atoms with E-state index in [1.54, 1.807) is 0 Å². The largest absolute Gasteiger partial charge is 0.467 e. The molecule has 1 saturated carbocycles. The Morgan fingerprint density at radius 2 is 1.90 bits per heavy atom. The number of esters is 1. The molecular weight excluding hydrogens is 268 g/mol. The first-order chi connectivity index (χ1) is 10.2. The van der Waals surface area contributed by atoms with Gasteiger partial charge in [-0.05, 0) is 30.9 Å². The molecular formula is C17H22O4. The van der Waals surface area contributed by atoms with Crippen LogP contribution in [0.1, 0.15) is 49.3 Å². The highest BCUT2D eigenvalue weighted by Gasteiger charge is 2.52. The number of carbonyl (C=O) groups is 1. The van der Waals surface area contributed by atoms with Gasteiger partial charge in [0.15, 0.2) is 11.9 Å². The van der Waals surface area contributed by atoms with Crippen molar-refractivity contribution in [3.05, 3.63) is 35.4 Å². The minimum atomic E-state index is -0.672. The molecule has 1 spiro atoms. The van der Waals surface area contributed by atoms with Crippen molar-refractivity contribution in [2.75, 3.05) is 7.11 Å². The van der Waals surface area contributed by atoms with Crippen LogP contribution in [0.5, 0.6) is 0 Å². The van der Waals surface area contributed by atoms with Crippen molar-refractivity contribution in [2.24, 2.45) is 0 Å². The molecule has 2 atom stereocenters. The number of benzene rings is 1. The van der Waals surface area contributed by atoms with Crippen LogP contribution < -0.4 is 0 Å². The molecule has 4 heteroatoms. The second-order valence-corrected chi connectivity index (χ2v) is 5.93. The van der Waals surface area contributed by atoms with Crippen LogP contribution in [0.2, 0.25) is 0 Å². The van der Waals surface area contributed by atoms with Gasteiger partial charge in [0, 0.05) is 12.8 Å². The van der Waals surface area contributed by atoms with E-state index in [1.165, 1.54) is 13.5 Å². The van der Waals surface area contributed by atoms with Crippen molar-refractivity contribution in [1.82, 2.24) is 0 Å². The summed E-state index contributed by atoms with van der Waals surface area (Å²) in [6, 6.07) is 7.98. The minimum absolute atomic E-state index is 0.356. The Balaban J connectivity index is 1.92. The van der Waals surface area contributed by atoms with E-state index < -0.39 is 11.9 Å². The van der Waals surface area contributed by atoms with Gasteiger partial charge in [-0.25, -0.2) is 4.79 Å². The van der Waals surface area contributed by atoms with Gasteiger partial charge in [-0.3, -0.25) is 0 Å². The van der Waals surface area contributed by atoms with E-state index in [2.05, 4.69) is 0 Å². The molecule has 1 aromatic carbocycles. The van der Waals surface area contributed by atoms with E-state index in [4.69, 9.17) is 14.2 Å². The van der Waals surface area contributed by atoms with Crippen LogP contribution >= 0.6 is 0 Å². The first-order valence-corrected chi connectivity index (χ1v) is 7.64. The summed E-state index contributed by atoms with van der Waals surface area (Å²) in [5.41, 5.74) is 2.11. The maximum absolute atomic E-state index is 12.1. The fourth-order valence-electron chi connectivity index (χ4n) is 3.36. The molecule has 0 radical (unpaired) electrons. The molecule has 0 N–H and O–H groups in total. The van der Waals surface area contributed by atoms with Gasteiger partial charge in [0.05, 0.1) is 7.11 Å². The van der Waals surface area contributed by atoms with Crippen molar-refractivity contribution in [3.8, 4) is 0 Å². The van der Waals surface area contributed by atoms with Crippen LogP contribution in [0.25, 0.3) is 0 Å². The van der Waals surface area contributed by atoms with Crippen molar-refractivity contribution < 1.29 is 19.0 Å². The molecule has 1 aliphatic heterocycles.